The number of hydrazine groups is 1. The first-order valence-electron chi connectivity index (χ1n) is 11.1. The zero-order chi connectivity index (χ0) is 23.9. The SMILES string of the molecule is CCOc1ccc(N2C[C@@H](C(=O)NNc3cccc(OCc4ccc(Cl)cc4)c3)CC2=O)cc1. The molecule has 0 aromatic heterocycles. The van der Waals surface area contributed by atoms with Crippen LogP contribution >= 0.6 is 11.6 Å². The van der Waals surface area contributed by atoms with E-state index in [1.165, 1.54) is 0 Å². The van der Waals surface area contributed by atoms with Crippen LogP contribution in [0.2, 0.25) is 5.02 Å². The Morgan fingerprint density at radius 2 is 1.79 bits per heavy atom. The predicted molar refractivity (Wildman–Crippen MR) is 132 cm³/mol. The standard InChI is InChI=1S/C26H26ClN3O4/c1-2-33-23-12-10-22(11-13-23)30-16-19(14-25(30)31)26(32)29-28-21-4-3-5-24(15-21)34-17-18-6-8-20(27)9-7-18/h3-13,15,19,28H,2,14,16-17H2,1H3,(H,29,32)/t19-/m0/s1. The lowest BCUT2D eigenvalue weighted by atomic mass is 10.1. The van der Waals surface area contributed by atoms with E-state index < -0.39 is 5.92 Å². The maximum Gasteiger partial charge on any atom is 0.243 e. The number of amides is 2. The summed E-state index contributed by atoms with van der Waals surface area (Å²) in [4.78, 5) is 26.8. The summed E-state index contributed by atoms with van der Waals surface area (Å²) in [6.45, 7) is 3.22. The van der Waals surface area contributed by atoms with Gasteiger partial charge in [-0.25, -0.2) is 0 Å². The van der Waals surface area contributed by atoms with Crippen LogP contribution in [0.3, 0.4) is 0 Å². The smallest absolute Gasteiger partial charge is 0.243 e. The van der Waals surface area contributed by atoms with Crippen LogP contribution in [-0.2, 0) is 16.2 Å². The Bertz CT molecular complexity index is 1140. The molecule has 0 radical (unpaired) electrons. The highest BCUT2D eigenvalue weighted by Gasteiger charge is 2.35. The molecule has 0 saturated carbocycles. The molecule has 4 rings (SSSR count). The zero-order valence-electron chi connectivity index (χ0n) is 18.8. The molecular weight excluding hydrogens is 454 g/mol. The van der Waals surface area contributed by atoms with Gasteiger partial charge in [0.2, 0.25) is 11.8 Å². The van der Waals surface area contributed by atoms with Gasteiger partial charge in [0.05, 0.1) is 18.2 Å². The number of carbonyl (C=O) groups is 2. The van der Waals surface area contributed by atoms with Crippen LogP contribution in [-0.4, -0.2) is 25.0 Å². The molecule has 3 aromatic carbocycles. The van der Waals surface area contributed by atoms with E-state index >= 15 is 0 Å². The van der Waals surface area contributed by atoms with Gasteiger partial charge in [-0.3, -0.25) is 20.4 Å². The lowest BCUT2D eigenvalue weighted by Crippen LogP contribution is -2.36. The van der Waals surface area contributed by atoms with Crippen LogP contribution in [0.4, 0.5) is 11.4 Å². The summed E-state index contributed by atoms with van der Waals surface area (Å²) in [6, 6.07) is 22.0. The van der Waals surface area contributed by atoms with Crippen molar-refractivity contribution in [3.8, 4) is 11.5 Å². The minimum absolute atomic E-state index is 0.0816. The molecule has 3 aromatic rings. The van der Waals surface area contributed by atoms with Crippen molar-refractivity contribution in [2.45, 2.75) is 20.0 Å². The van der Waals surface area contributed by atoms with Crippen LogP contribution in [0.5, 0.6) is 11.5 Å². The summed E-state index contributed by atoms with van der Waals surface area (Å²) in [5, 5.41) is 0.678. The van der Waals surface area contributed by atoms with Crippen LogP contribution in [0.15, 0.2) is 72.8 Å². The number of benzene rings is 3. The summed E-state index contributed by atoms with van der Waals surface area (Å²) in [6.07, 6.45) is 0.158. The third-order valence-electron chi connectivity index (χ3n) is 5.44. The average molecular weight is 480 g/mol. The molecule has 176 valence electrons. The number of nitrogens with one attached hydrogen (secondary N) is 2. The molecule has 1 saturated heterocycles. The number of hydrogen-bond acceptors (Lipinski definition) is 5. The second-order valence-electron chi connectivity index (χ2n) is 7.89. The lowest BCUT2D eigenvalue weighted by Gasteiger charge is -2.17. The highest BCUT2D eigenvalue weighted by atomic mass is 35.5. The number of carbonyl (C=O) groups excluding carboxylic acids is 2. The molecule has 0 bridgehead atoms. The minimum atomic E-state index is -0.448. The summed E-state index contributed by atoms with van der Waals surface area (Å²) in [7, 11) is 0. The van der Waals surface area contributed by atoms with Gasteiger partial charge < -0.3 is 14.4 Å². The minimum Gasteiger partial charge on any atom is -0.494 e. The van der Waals surface area contributed by atoms with Gasteiger partial charge in [-0.1, -0.05) is 29.8 Å². The molecule has 34 heavy (non-hydrogen) atoms. The third kappa shape index (κ3) is 5.99. The Hall–Kier alpha value is -3.71. The fourth-order valence-electron chi connectivity index (χ4n) is 3.67. The number of nitrogens with zero attached hydrogens (tertiary/aromatic N) is 1. The predicted octanol–water partition coefficient (Wildman–Crippen LogP) is 4.81. The topological polar surface area (TPSA) is 79.9 Å². The lowest BCUT2D eigenvalue weighted by molar-refractivity contribution is -0.125. The second kappa shape index (κ2) is 10.9. The number of hydrogen-bond donors (Lipinski definition) is 2. The quantitative estimate of drug-likeness (QED) is 0.430. The van der Waals surface area contributed by atoms with E-state index in [0.717, 1.165) is 17.0 Å². The molecule has 0 spiro atoms. The van der Waals surface area contributed by atoms with Crippen LogP contribution in [0.25, 0.3) is 0 Å². The largest absolute Gasteiger partial charge is 0.494 e. The molecule has 1 heterocycles. The fourth-order valence-corrected chi connectivity index (χ4v) is 3.79. The first-order chi connectivity index (χ1) is 16.5. The summed E-state index contributed by atoms with van der Waals surface area (Å²) in [5.41, 5.74) is 8.05. The molecule has 8 heteroatoms. The third-order valence-corrected chi connectivity index (χ3v) is 5.69. The summed E-state index contributed by atoms with van der Waals surface area (Å²) < 4.78 is 11.3. The Balaban J connectivity index is 1.29. The van der Waals surface area contributed by atoms with Gasteiger partial charge in [-0.15, -0.1) is 0 Å². The molecule has 1 aliphatic rings. The van der Waals surface area contributed by atoms with Gasteiger partial charge in [0.25, 0.3) is 0 Å². The zero-order valence-corrected chi connectivity index (χ0v) is 19.5. The number of rotatable bonds is 9. The normalized spacial score (nSPS) is 15.2. The van der Waals surface area contributed by atoms with E-state index in [9.17, 15) is 9.59 Å². The van der Waals surface area contributed by atoms with Gasteiger partial charge in [-0.2, -0.15) is 0 Å². The number of halogens is 1. The number of ether oxygens (including phenoxy) is 2. The van der Waals surface area contributed by atoms with Crippen molar-refractivity contribution in [2.75, 3.05) is 23.5 Å². The van der Waals surface area contributed by atoms with E-state index in [1.54, 1.807) is 11.0 Å². The van der Waals surface area contributed by atoms with Crippen molar-refractivity contribution >= 4 is 34.8 Å². The first-order valence-corrected chi connectivity index (χ1v) is 11.5. The fraction of sp³-hybridized carbons (Fsp3) is 0.231. The van der Waals surface area contributed by atoms with Gasteiger partial charge in [0, 0.05) is 29.7 Å². The molecular formula is C26H26ClN3O4. The Morgan fingerprint density at radius 1 is 1.03 bits per heavy atom. The molecule has 2 amide bonds. The maximum atomic E-state index is 12.7. The highest BCUT2D eigenvalue weighted by molar-refractivity contribution is 6.30. The van der Waals surface area contributed by atoms with Crippen molar-refractivity contribution in [3.63, 3.8) is 0 Å². The van der Waals surface area contributed by atoms with Crippen molar-refractivity contribution in [1.29, 1.82) is 0 Å². The van der Waals surface area contributed by atoms with Gasteiger partial charge in [0.15, 0.2) is 0 Å². The van der Waals surface area contributed by atoms with E-state index in [0.29, 0.717) is 36.2 Å². The van der Waals surface area contributed by atoms with Crippen molar-refractivity contribution in [1.82, 2.24) is 5.43 Å². The highest BCUT2D eigenvalue weighted by Crippen LogP contribution is 2.27. The van der Waals surface area contributed by atoms with Crippen molar-refractivity contribution in [3.05, 3.63) is 83.4 Å². The molecule has 7 nitrogen and oxygen atoms in total. The van der Waals surface area contributed by atoms with Crippen LogP contribution < -0.4 is 25.2 Å². The molecule has 2 N–H and O–H groups in total. The Labute approximate surface area is 203 Å². The van der Waals surface area contributed by atoms with Crippen molar-refractivity contribution < 1.29 is 19.1 Å². The molecule has 1 aliphatic heterocycles. The molecule has 1 fully saturated rings. The Kier molecular flexibility index (Phi) is 7.54. The van der Waals surface area contributed by atoms with E-state index in [4.69, 9.17) is 21.1 Å². The number of anilines is 2. The van der Waals surface area contributed by atoms with Gasteiger partial charge in [0.1, 0.15) is 18.1 Å². The average Bonchev–Trinajstić information content (AvgIpc) is 3.25. The van der Waals surface area contributed by atoms with E-state index in [1.807, 2.05) is 73.7 Å². The molecule has 0 unspecified atom stereocenters. The van der Waals surface area contributed by atoms with Crippen LogP contribution in [0.1, 0.15) is 18.9 Å². The first kappa shape index (κ1) is 23.4. The summed E-state index contributed by atoms with van der Waals surface area (Å²) in [5.74, 6) is 0.634. The molecule has 1 atom stereocenters. The summed E-state index contributed by atoms with van der Waals surface area (Å²) >= 11 is 5.91. The van der Waals surface area contributed by atoms with E-state index in [2.05, 4.69) is 10.9 Å². The maximum absolute atomic E-state index is 12.7. The van der Waals surface area contributed by atoms with Crippen molar-refractivity contribution in [2.24, 2.45) is 5.92 Å². The monoisotopic (exact) mass is 479 g/mol. The van der Waals surface area contributed by atoms with Gasteiger partial charge in [-0.05, 0) is 61.0 Å². The second-order valence-corrected chi connectivity index (χ2v) is 8.33. The van der Waals surface area contributed by atoms with Crippen LogP contribution in [0, 0.1) is 5.92 Å². The Morgan fingerprint density at radius 3 is 2.53 bits per heavy atom. The molecule has 0 aliphatic carbocycles. The van der Waals surface area contributed by atoms with Gasteiger partial charge >= 0.3 is 0 Å². The van der Waals surface area contributed by atoms with E-state index in [-0.39, 0.29) is 18.2 Å².